The molecule has 1 heterocycles. The predicted molar refractivity (Wildman–Crippen MR) is 92.8 cm³/mol. The van der Waals surface area contributed by atoms with E-state index in [1.807, 2.05) is 36.4 Å². The van der Waals surface area contributed by atoms with Crippen LogP contribution in [0.4, 0.5) is 0 Å². The second-order valence-corrected chi connectivity index (χ2v) is 5.86. The molecule has 2 aromatic rings. The molecule has 0 bridgehead atoms. The van der Waals surface area contributed by atoms with Crippen molar-refractivity contribution in [3.8, 4) is 11.8 Å². The second kappa shape index (κ2) is 7.94. The molecule has 0 aromatic heterocycles. The Morgan fingerprint density at radius 1 is 1.00 bits per heavy atom. The average molecular weight is 306 g/mol. The van der Waals surface area contributed by atoms with Crippen LogP contribution in [0, 0.1) is 11.8 Å². The lowest BCUT2D eigenvalue weighted by Crippen LogP contribution is -2.35. The summed E-state index contributed by atoms with van der Waals surface area (Å²) in [5, 5.41) is 0. The first-order chi connectivity index (χ1) is 11.3. The lowest BCUT2D eigenvalue weighted by Gasteiger charge is -2.15. The van der Waals surface area contributed by atoms with Crippen LogP contribution in [0.3, 0.4) is 0 Å². The molecular weight excluding hydrogens is 284 g/mol. The Kier molecular flexibility index (Phi) is 5.44. The first kappa shape index (κ1) is 15.8. The largest absolute Gasteiger partial charge is 0.363 e. The first-order valence-corrected chi connectivity index (χ1v) is 7.98. The van der Waals surface area contributed by atoms with Crippen molar-refractivity contribution in [3.05, 3.63) is 71.8 Å². The zero-order chi connectivity index (χ0) is 15.9. The van der Waals surface area contributed by atoms with Crippen LogP contribution in [-0.4, -0.2) is 36.7 Å². The molecular formula is C20H22N2O. The summed E-state index contributed by atoms with van der Waals surface area (Å²) in [6, 6.07) is 20.5. The van der Waals surface area contributed by atoms with Gasteiger partial charge in [-0.15, -0.1) is 0 Å². The number of benzene rings is 2. The molecule has 1 fully saturated rings. The third-order valence-corrected chi connectivity index (χ3v) is 4.01. The van der Waals surface area contributed by atoms with Crippen molar-refractivity contribution in [1.29, 1.82) is 0 Å². The number of nitrogens with two attached hydrogens (primary N) is 1. The van der Waals surface area contributed by atoms with Gasteiger partial charge in [0.15, 0.2) is 0 Å². The van der Waals surface area contributed by atoms with E-state index in [1.54, 1.807) is 0 Å². The second-order valence-electron chi connectivity index (χ2n) is 5.86. The Balaban J connectivity index is 1.47. The molecule has 1 saturated heterocycles. The number of rotatable bonds is 4. The van der Waals surface area contributed by atoms with Gasteiger partial charge in [-0.05, 0) is 17.7 Å². The summed E-state index contributed by atoms with van der Waals surface area (Å²) in [6.07, 6.45) is 0.0591. The Morgan fingerprint density at radius 3 is 2.43 bits per heavy atom. The van der Waals surface area contributed by atoms with E-state index in [1.165, 1.54) is 5.56 Å². The Bertz CT molecular complexity index is 660. The molecule has 3 heteroatoms. The summed E-state index contributed by atoms with van der Waals surface area (Å²) < 4.78 is 5.86. The lowest BCUT2D eigenvalue weighted by molar-refractivity contribution is 0.0742. The summed E-state index contributed by atoms with van der Waals surface area (Å²) in [5.74, 6) is 6.17. The van der Waals surface area contributed by atoms with E-state index in [0.717, 1.165) is 25.2 Å². The zero-order valence-corrected chi connectivity index (χ0v) is 13.2. The summed E-state index contributed by atoms with van der Waals surface area (Å²) >= 11 is 0. The van der Waals surface area contributed by atoms with Gasteiger partial charge in [-0.25, -0.2) is 0 Å². The van der Waals surface area contributed by atoms with Gasteiger partial charge in [-0.2, -0.15) is 0 Å². The first-order valence-electron chi connectivity index (χ1n) is 7.98. The molecule has 0 unspecified atom stereocenters. The molecule has 0 saturated carbocycles. The van der Waals surface area contributed by atoms with E-state index in [-0.39, 0.29) is 12.1 Å². The van der Waals surface area contributed by atoms with Gasteiger partial charge in [-0.1, -0.05) is 60.4 Å². The molecule has 23 heavy (non-hydrogen) atoms. The van der Waals surface area contributed by atoms with Crippen LogP contribution in [0.15, 0.2) is 60.7 Å². The minimum atomic E-state index is 0.0530. The number of hydrogen-bond acceptors (Lipinski definition) is 3. The molecule has 1 aliphatic rings. The average Bonchev–Trinajstić information content (AvgIpc) is 2.93. The molecule has 0 aliphatic carbocycles. The van der Waals surface area contributed by atoms with Crippen molar-refractivity contribution in [2.75, 3.05) is 19.7 Å². The molecule has 2 N–H and O–H groups in total. The van der Waals surface area contributed by atoms with Crippen molar-refractivity contribution in [1.82, 2.24) is 4.90 Å². The fourth-order valence-corrected chi connectivity index (χ4v) is 2.84. The van der Waals surface area contributed by atoms with Crippen molar-refractivity contribution >= 4 is 0 Å². The highest BCUT2D eigenvalue weighted by Crippen LogP contribution is 2.15. The number of ether oxygens (including phenoxy) is 1. The fraction of sp³-hybridized carbons (Fsp3) is 0.300. The topological polar surface area (TPSA) is 38.5 Å². The van der Waals surface area contributed by atoms with E-state index in [0.29, 0.717) is 6.61 Å². The minimum absolute atomic E-state index is 0.0530. The monoisotopic (exact) mass is 306 g/mol. The summed E-state index contributed by atoms with van der Waals surface area (Å²) in [4.78, 5) is 2.34. The van der Waals surface area contributed by atoms with E-state index in [9.17, 15) is 0 Å². The van der Waals surface area contributed by atoms with Crippen molar-refractivity contribution in [2.24, 2.45) is 5.73 Å². The number of likely N-dealkylation sites (tertiary alicyclic amines) is 1. The van der Waals surface area contributed by atoms with E-state index in [4.69, 9.17) is 10.5 Å². The number of nitrogens with zero attached hydrogens (tertiary/aromatic N) is 1. The third kappa shape index (κ3) is 4.67. The van der Waals surface area contributed by atoms with Gasteiger partial charge in [0, 0.05) is 31.2 Å². The molecule has 3 nitrogen and oxygen atoms in total. The van der Waals surface area contributed by atoms with Gasteiger partial charge in [-0.3, -0.25) is 4.90 Å². The van der Waals surface area contributed by atoms with Gasteiger partial charge in [0.1, 0.15) is 6.61 Å². The summed E-state index contributed by atoms with van der Waals surface area (Å²) in [5.41, 5.74) is 8.52. The molecule has 1 aliphatic heterocycles. The highest BCUT2D eigenvalue weighted by Gasteiger charge is 2.30. The maximum Gasteiger partial charge on any atom is 0.108 e. The Hall–Kier alpha value is -2.12. The third-order valence-electron chi connectivity index (χ3n) is 4.01. The summed E-state index contributed by atoms with van der Waals surface area (Å²) in [7, 11) is 0. The van der Waals surface area contributed by atoms with E-state index in [2.05, 4.69) is 41.0 Å². The molecule has 2 aromatic carbocycles. The van der Waals surface area contributed by atoms with Crippen molar-refractivity contribution in [2.45, 2.75) is 18.7 Å². The van der Waals surface area contributed by atoms with E-state index < -0.39 is 0 Å². The molecule has 0 radical (unpaired) electrons. The Morgan fingerprint density at radius 2 is 1.70 bits per heavy atom. The predicted octanol–water partition coefficient (Wildman–Crippen LogP) is 2.27. The highest BCUT2D eigenvalue weighted by atomic mass is 16.5. The lowest BCUT2D eigenvalue weighted by atomic mass is 10.2. The van der Waals surface area contributed by atoms with Crippen LogP contribution in [-0.2, 0) is 11.3 Å². The summed E-state index contributed by atoms with van der Waals surface area (Å²) in [6.45, 7) is 3.07. The SMILES string of the molecule is N[C@@H]1CN(Cc2ccccc2)C[C@H]1OCC#Cc1ccccc1. The van der Waals surface area contributed by atoms with Crippen LogP contribution in [0.1, 0.15) is 11.1 Å². The van der Waals surface area contributed by atoms with Crippen LogP contribution in [0.2, 0.25) is 0 Å². The van der Waals surface area contributed by atoms with Crippen LogP contribution >= 0.6 is 0 Å². The van der Waals surface area contributed by atoms with Gasteiger partial charge in [0.2, 0.25) is 0 Å². The minimum Gasteiger partial charge on any atom is -0.363 e. The van der Waals surface area contributed by atoms with Crippen molar-refractivity contribution < 1.29 is 4.74 Å². The quantitative estimate of drug-likeness (QED) is 0.881. The van der Waals surface area contributed by atoms with Gasteiger partial charge >= 0.3 is 0 Å². The molecule has 0 spiro atoms. The number of hydrogen-bond donors (Lipinski definition) is 1. The van der Waals surface area contributed by atoms with Crippen LogP contribution < -0.4 is 5.73 Å². The Labute approximate surface area is 138 Å². The van der Waals surface area contributed by atoms with Crippen LogP contribution in [0.5, 0.6) is 0 Å². The normalized spacial score (nSPS) is 20.9. The standard InChI is InChI=1S/C20H22N2O/c21-19-15-22(14-18-10-5-2-6-11-18)16-20(19)23-13-7-12-17-8-3-1-4-9-17/h1-6,8-11,19-20H,13-16,21H2/t19-,20-/m1/s1. The van der Waals surface area contributed by atoms with Crippen LogP contribution in [0.25, 0.3) is 0 Å². The highest BCUT2D eigenvalue weighted by molar-refractivity contribution is 5.33. The molecule has 2 atom stereocenters. The van der Waals surface area contributed by atoms with Crippen molar-refractivity contribution in [3.63, 3.8) is 0 Å². The molecule has 0 amide bonds. The maximum absolute atomic E-state index is 6.20. The molecule has 118 valence electrons. The smallest absolute Gasteiger partial charge is 0.108 e. The van der Waals surface area contributed by atoms with Gasteiger partial charge in [0.25, 0.3) is 0 Å². The molecule has 3 rings (SSSR count). The van der Waals surface area contributed by atoms with E-state index >= 15 is 0 Å². The van der Waals surface area contributed by atoms with Gasteiger partial charge in [0.05, 0.1) is 6.10 Å². The van der Waals surface area contributed by atoms with Gasteiger partial charge < -0.3 is 10.5 Å². The fourth-order valence-electron chi connectivity index (χ4n) is 2.84. The maximum atomic E-state index is 6.20. The zero-order valence-electron chi connectivity index (χ0n) is 13.2.